The van der Waals surface area contributed by atoms with E-state index < -0.39 is 17.8 Å². The third kappa shape index (κ3) is 2.93. The zero-order valence-corrected chi connectivity index (χ0v) is 12.6. The topological polar surface area (TPSA) is 45.5 Å². The standard InChI is InChI=1S/C16H17F3N2O2/c1-20-13-5-4-11(16(17,18)19)7-10(13)8-14(20)15(23)21-6-2-3-12(22)9-21/h4-5,7-8,12,22H,2-3,6,9H2,1H3. The minimum atomic E-state index is -4.41. The van der Waals surface area contributed by atoms with Gasteiger partial charge in [-0.05, 0) is 37.1 Å². The fourth-order valence-corrected chi connectivity index (χ4v) is 3.03. The predicted octanol–water partition coefficient (Wildman–Crippen LogP) is 2.79. The number of hydrogen-bond donors (Lipinski definition) is 1. The fourth-order valence-electron chi connectivity index (χ4n) is 3.03. The Balaban J connectivity index is 1.98. The van der Waals surface area contributed by atoms with E-state index in [2.05, 4.69) is 0 Å². The van der Waals surface area contributed by atoms with Crippen molar-refractivity contribution in [1.82, 2.24) is 9.47 Å². The van der Waals surface area contributed by atoms with Gasteiger partial charge < -0.3 is 14.6 Å². The van der Waals surface area contributed by atoms with Crippen LogP contribution in [0.1, 0.15) is 28.9 Å². The quantitative estimate of drug-likeness (QED) is 0.876. The molecule has 2 heterocycles. The number of nitrogens with zero attached hydrogens (tertiary/aromatic N) is 2. The number of aromatic nitrogens is 1. The molecule has 0 spiro atoms. The Morgan fingerprint density at radius 1 is 1.30 bits per heavy atom. The number of likely N-dealkylation sites (tertiary alicyclic amines) is 1. The Bertz CT molecular complexity index is 752. The van der Waals surface area contributed by atoms with Crippen molar-refractivity contribution in [2.75, 3.05) is 13.1 Å². The second-order valence-electron chi connectivity index (χ2n) is 5.91. The highest BCUT2D eigenvalue weighted by molar-refractivity contribution is 5.99. The highest BCUT2D eigenvalue weighted by atomic mass is 19.4. The maximum Gasteiger partial charge on any atom is 0.416 e. The van der Waals surface area contributed by atoms with E-state index in [-0.39, 0.29) is 12.5 Å². The lowest BCUT2D eigenvalue weighted by Crippen LogP contribution is -2.42. The van der Waals surface area contributed by atoms with Crippen molar-refractivity contribution in [3.63, 3.8) is 0 Å². The number of hydrogen-bond acceptors (Lipinski definition) is 2. The first-order chi connectivity index (χ1) is 10.8. The first kappa shape index (κ1) is 15.9. The minimum Gasteiger partial charge on any atom is -0.391 e. The van der Waals surface area contributed by atoms with Gasteiger partial charge in [0.05, 0.1) is 11.7 Å². The first-order valence-corrected chi connectivity index (χ1v) is 7.41. The number of β-amino-alcohol motifs (C(OH)–C–C–N with tert-alkyl or cyclic N) is 1. The van der Waals surface area contributed by atoms with Crippen molar-refractivity contribution in [2.45, 2.75) is 25.1 Å². The van der Waals surface area contributed by atoms with Gasteiger partial charge in [-0.1, -0.05) is 0 Å². The molecule has 1 aliphatic heterocycles. The van der Waals surface area contributed by atoms with E-state index in [1.807, 2.05) is 0 Å². The molecule has 1 aliphatic rings. The Kier molecular flexibility index (Phi) is 3.83. The second kappa shape index (κ2) is 5.56. The summed E-state index contributed by atoms with van der Waals surface area (Å²) in [5, 5.41) is 10.1. The van der Waals surface area contributed by atoms with Gasteiger partial charge in [-0.15, -0.1) is 0 Å². The van der Waals surface area contributed by atoms with Crippen LogP contribution in [-0.2, 0) is 13.2 Å². The Hall–Kier alpha value is -2.02. The van der Waals surface area contributed by atoms with Crippen molar-refractivity contribution < 1.29 is 23.1 Å². The van der Waals surface area contributed by atoms with E-state index in [1.165, 1.54) is 12.1 Å². The lowest BCUT2D eigenvalue weighted by molar-refractivity contribution is -0.137. The molecule has 1 fully saturated rings. The van der Waals surface area contributed by atoms with E-state index in [0.717, 1.165) is 18.6 Å². The Morgan fingerprint density at radius 2 is 2.04 bits per heavy atom. The van der Waals surface area contributed by atoms with E-state index in [9.17, 15) is 23.1 Å². The number of carbonyl (C=O) groups is 1. The lowest BCUT2D eigenvalue weighted by atomic mass is 10.1. The summed E-state index contributed by atoms with van der Waals surface area (Å²) in [5.41, 5.74) is 0.162. The number of aryl methyl sites for hydroxylation is 1. The molecule has 0 radical (unpaired) electrons. The van der Waals surface area contributed by atoms with Crippen LogP contribution in [0.25, 0.3) is 10.9 Å². The van der Waals surface area contributed by atoms with Crippen molar-refractivity contribution in [1.29, 1.82) is 0 Å². The van der Waals surface area contributed by atoms with Crippen LogP contribution in [0.3, 0.4) is 0 Å². The van der Waals surface area contributed by atoms with Gasteiger partial charge >= 0.3 is 6.18 Å². The predicted molar refractivity (Wildman–Crippen MR) is 79.1 cm³/mol. The highest BCUT2D eigenvalue weighted by Gasteiger charge is 2.31. The summed E-state index contributed by atoms with van der Waals surface area (Å²) in [4.78, 5) is 14.1. The largest absolute Gasteiger partial charge is 0.416 e. The molecule has 2 aromatic rings. The summed E-state index contributed by atoms with van der Waals surface area (Å²) in [6.45, 7) is 0.805. The van der Waals surface area contributed by atoms with Crippen LogP contribution in [0.2, 0.25) is 0 Å². The molecule has 1 atom stereocenters. The van der Waals surface area contributed by atoms with Gasteiger partial charge in [0, 0.05) is 31.0 Å². The molecule has 0 aliphatic carbocycles. The van der Waals surface area contributed by atoms with Crippen molar-refractivity contribution in [3.8, 4) is 0 Å². The van der Waals surface area contributed by atoms with Crippen molar-refractivity contribution in [2.24, 2.45) is 7.05 Å². The number of halogens is 3. The molecule has 7 heteroatoms. The third-order valence-corrected chi connectivity index (χ3v) is 4.27. The van der Waals surface area contributed by atoms with E-state index in [1.54, 1.807) is 16.5 Å². The number of amides is 1. The van der Waals surface area contributed by atoms with Gasteiger partial charge in [-0.25, -0.2) is 0 Å². The van der Waals surface area contributed by atoms with Crippen LogP contribution < -0.4 is 0 Å². The maximum absolute atomic E-state index is 12.8. The molecule has 0 saturated carbocycles. The summed E-state index contributed by atoms with van der Waals surface area (Å²) < 4.78 is 40.0. The molecule has 4 nitrogen and oxygen atoms in total. The number of aliphatic hydroxyl groups is 1. The van der Waals surface area contributed by atoms with Gasteiger partial charge in [0.15, 0.2) is 0 Å². The number of carbonyl (C=O) groups excluding carboxylic acids is 1. The monoisotopic (exact) mass is 326 g/mol. The van der Waals surface area contributed by atoms with Crippen LogP contribution in [0.4, 0.5) is 13.2 Å². The van der Waals surface area contributed by atoms with Gasteiger partial charge in [-0.2, -0.15) is 13.2 Å². The number of benzene rings is 1. The zero-order valence-electron chi connectivity index (χ0n) is 12.6. The summed E-state index contributed by atoms with van der Waals surface area (Å²) in [6.07, 6.45) is -3.58. The zero-order chi connectivity index (χ0) is 16.8. The molecule has 1 amide bonds. The average molecular weight is 326 g/mol. The summed E-state index contributed by atoms with van der Waals surface area (Å²) in [6, 6.07) is 4.92. The first-order valence-electron chi connectivity index (χ1n) is 7.41. The summed E-state index contributed by atoms with van der Waals surface area (Å²) in [5.74, 6) is -0.268. The second-order valence-corrected chi connectivity index (χ2v) is 5.91. The number of fused-ring (bicyclic) bond motifs is 1. The number of aliphatic hydroxyl groups excluding tert-OH is 1. The van der Waals surface area contributed by atoms with Gasteiger partial charge in [0.25, 0.3) is 5.91 Å². The normalized spacial score (nSPS) is 19.3. The van der Waals surface area contributed by atoms with E-state index in [0.29, 0.717) is 29.6 Å². The number of alkyl halides is 3. The molecule has 1 N–H and O–H groups in total. The Labute approximate surface area is 131 Å². The maximum atomic E-state index is 12.8. The summed E-state index contributed by atoms with van der Waals surface area (Å²) >= 11 is 0. The number of rotatable bonds is 1. The molecule has 1 unspecified atom stereocenters. The fraction of sp³-hybridized carbons (Fsp3) is 0.438. The molecular weight excluding hydrogens is 309 g/mol. The van der Waals surface area contributed by atoms with Gasteiger partial charge in [0.1, 0.15) is 5.69 Å². The molecule has 0 bridgehead atoms. The molecular formula is C16H17F3N2O2. The molecule has 1 aromatic heterocycles. The molecule has 3 rings (SSSR count). The van der Waals surface area contributed by atoms with Crippen molar-refractivity contribution in [3.05, 3.63) is 35.5 Å². The average Bonchev–Trinajstić information content (AvgIpc) is 2.82. The smallest absolute Gasteiger partial charge is 0.391 e. The van der Waals surface area contributed by atoms with E-state index >= 15 is 0 Å². The minimum absolute atomic E-state index is 0.258. The molecule has 1 aromatic carbocycles. The third-order valence-electron chi connectivity index (χ3n) is 4.27. The van der Waals surface area contributed by atoms with Gasteiger partial charge in [-0.3, -0.25) is 4.79 Å². The molecule has 124 valence electrons. The SMILES string of the molecule is Cn1c(C(=O)N2CCCC(O)C2)cc2cc(C(F)(F)F)ccc21. The molecule has 1 saturated heterocycles. The van der Waals surface area contributed by atoms with E-state index in [4.69, 9.17) is 0 Å². The van der Waals surface area contributed by atoms with Crippen LogP contribution in [0, 0.1) is 0 Å². The Morgan fingerprint density at radius 3 is 2.70 bits per heavy atom. The molecule has 23 heavy (non-hydrogen) atoms. The van der Waals surface area contributed by atoms with Gasteiger partial charge in [0.2, 0.25) is 0 Å². The van der Waals surface area contributed by atoms with Crippen LogP contribution in [0.5, 0.6) is 0 Å². The lowest BCUT2D eigenvalue weighted by Gasteiger charge is -2.30. The highest BCUT2D eigenvalue weighted by Crippen LogP contribution is 2.32. The number of piperidine rings is 1. The van der Waals surface area contributed by atoms with Crippen LogP contribution in [0.15, 0.2) is 24.3 Å². The summed E-state index contributed by atoms with van der Waals surface area (Å²) in [7, 11) is 1.66. The van der Waals surface area contributed by atoms with Crippen LogP contribution >= 0.6 is 0 Å². The van der Waals surface area contributed by atoms with Crippen molar-refractivity contribution >= 4 is 16.8 Å². The van der Waals surface area contributed by atoms with Crippen LogP contribution in [-0.4, -0.2) is 39.7 Å².